The number of anilines is 2. The highest BCUT2D eigenvalue weighted by Crippen LogP contribution is 2.12. The first-order valence-electron chi connectivity index (χ1n) is 10.8. The van der Waals surface area contributed by atoms with Gasteiger partial charge in [0.05, 0.1) is 6.54 Å². The summed E-state index contributed by atoms with van der Waals surface area (Å²) in [5.41, 5.74) is 2.50. The van der Waals surface area contributed by atoms with Crippen molar-refractivity contribution in [3.8, 4) is 0 Å². The zero-order chi connectivity index (χ0) is 22.6. The predicted octanol–water partition coefficient (Wildman–Crippen LogP) is 3.80. The Morgan fingerprint density at radius 2 is 1.42 bits per heavy atom. The highest BCUT2D eigenvalue weighted by Gasteiger charge is 2.09. The van der Waals surface area contributed by atoms with Crippen molar-refractivity contribution >= 4 is 29.1 Å². The fourth-order valence-electron chi connectivity index (χ4n) is 2.72. The van der Waals surface area contributed by atoms with Crippen molar-refractivity contribution in [1.82, 2.24) is 10.6 Å². The molecule has 0 aromatic heterocycles. The first-order chi connectivity index (χ1) is 14.9. The van der Waals surface area contributed by atoms with Crippen molar-refractivity contribution in [3.63, 3.8) is 0 Å². The van der Waals surface area contributed by atoms with Gasteiger partial charge >= 0.3 is 0 Å². The second-order valence-corrected chi connectivity index (χ2v) is 7.45. The first kappa shape index (κ1) is 23.9. The van der Waals surface area contributed by atoms with Gasteiger partial charge in [-0.15, -0.1) is 0 Å². The molecule has 1 unspecified atom stereocenters. The van der Waals surface area contributed by atoms with Gasteiger partial charge in [0.25, 0.3) is 11.8 Å². The predicted molar refractivity (Wildman–Crippen MR) is 124 cm³/mol. The molecule has 0 fully saturated rings. The molecule has 0 radical (unpaired) electrons. The fourth-order valence-corrected chi connectivity index (χ4v) is 2.72. The van der Waals surface area contributed by atoms with Crippen LogP contribution in [-0.2, 0) is 4.79 Å². The van der Waals surface area contributed by atoms with Gasteiger partial charge in [0.1, 0.15) is 0 Å². The van der Waals surface area contributed by atoms with Crippen molar-refractivity contribution in [2.45, 2.75) is 46.1 Å². The van der Waals surface area contributed by atoms with Gasteiger partial charge in [-0.05, 0) is 68.3 Å². The minimum absolute atomic E-state index is 0.0816. The second kappa shape index (κ2) is 12.4. The lowest BCUT2D eigenvalue weighted by Gasteiger charge is -2.12. The third kappa shape index (κ3) is 8.12. The van der Waals surface area contributed by atoms with Crippen LogP contribution < -0.4 is 21.3 Å². The lowest BCUT2D eigenvalue weighted by Crippen LogP contribution is -2.31. The van der Waals surface area contributed by atoms with Crippen LogP contribution in [0.2, 0.25) is 0 Å². The van der Waals surface area contributed by atoms with E-state index in [0.717, 1.165) is 24.9 Å². The first-order valence-corrected chi connectivity index (χ1v) is 10.8. The number of carbonyl (C=O) groups is 3. The molecule has 166 valence electrons. The molecule has 7 heteroatoms. The zero-order valence-corrected chi connectivity index (χ0v) is 18.5. The van der Waals surface area contributed by atoms with E-state index in [9.17, 15) is 14.4 Å². The van der Waals surface area contributed by atoms with E-state index in [-0.39, 0.29) is 30.3 Å². The third-order valence-corrected chi connectivity index (χ3v) is 4.84. The molecule has 0 saturated heterocycles. The number of hydrogen-bond acceptors (Lipinski definition) is 4. The summed E-state index contributed by atoms with van der Waals surface area (Å²) in [6.45, 7) is 6.79. The molecule has 7 nitrogen and oxygen atoms in total. The van der Waals surface area contributed by atoms with E-state index >= 15 is 0 Å². The molecule has 2 rings (SSSR count). The van der Waals surface area contributed by atoms with Gasteiger partial charge in [0, 0.05) is 35.1 Å². The summed E-state index contributed by atoms with van der Waals surface area (Å²) in [7, 11) is 0. The number of amides is 3. The van der Waals surface area contributed by atoms with Crippen LogP contribution in [0.1, 0.15) is 60.7 Å². The van der Waals surface area contributed by atoms with Crippen molar-refractivity contribution in [1.29, 1.82) is 0 Å². The number of benzene rings is 2. The molecule has 2 aromatic rings. The Kier molecular flexibility index (Phi) is 9.55. The van der Waals surface area contributed by atoms with E-state index in [4.69, 9.17) is 0 Å². The lowest BCUT2D eigenvalue weighted by atomic mass is 10.1. The Hall–Kier alpha value is -3.35. The van der Waals surface area contributed by atoms with Crippen LogP contribution in [-0.4, -0.2) is 36.9 Å². The highest BCUT2D eigenvalue weighted by atomic mass is 16.2. The molecular weight excluding hydrogens is 392 g/mol. The molecule has 31 heavy (non-hydrogen) atoms. The van der Waals surface area contributed by atoms with Gasteiger partial charge in [0.15, 0.2) is 0 Å². The maximum absolute atomic E-state index is 12.2. The molecule has 0 bridgehead atoms. The van der Waals surface area contributed by atoms with Crippen molar-refractivity contribution < 1.29 is 14.4 Å². The van der Waals surface area contributed by atoms with Crippen molar-refractivity contribution in [2.24, 2.45) is 0 Å². The molecule has 0 aliphatic rings. The Morgan fingerprint density at radius 1 is 0.839 bits per heavy atom. The Morgan fingerprint density at radius 3 is 2.00 bits per heavy atom. The van der Waals surface area contributed by atoms with E-state index < -0.39 is 0 Å². The minimum atomic E-state index is -0.210. The van der Waals surface area contributed by atoms with Crippen LogP contribution >= 0.6 is 0 Å². The Bertz CT molecular complexity index is 863. The van der Waals surface area contributed by atoms with Crippen LogP contribution in [0, 0.1) is 0 Å². The fraction of sp³-hybridized carbons (Fsp3) is 0.375. The van der Waals surface area contributed by atoms with E-state index in [1.54, 1.807) is 48.5 Å². The molecule has 3 amide bonds. The van der Waals surface area contributed by atoms with Gasteiger partial charge in [0.2, 0.25) is 5.91 Å². The summed E-state index contributed by atoms with van der Waals surface area (Å²) < 4.78 is 0. The average molecular weight is 425 g/mol. The smallest absolute Gasteiger partial charge is 0.251 e. The van der Waals surface area contributed by atoms with Crippen LogP contribution in [0.15, 0.2) is 48.5 Å². The summed E-state index contributed by atoms with van der Waals surface area (Å²) in [5, 5.41) is 11.6. The number of unbranched alkanes of at least 4 members (excludes halogenated alkanes) is 1. The van der Waals surface area contributed by atoms with Gasteiger partial charge in [-0.3, -0.25) is 14.4 Å². The molecular formula is C24H32N4O3. The van der Waals surface area contributed by atoms with E-state index in [2.05, 4.69) is 28.2 Å². The number of hydrogen-bond donors (Lipinski definition) is 4. The van der Waals surface area contributed by atoms with Crippen LogP contribution in [0.3, 0.4) is 0 Å². The maximum Gasteiger partial charge on any atom is 0.251 e. The summed E-state index contributed by atoms with van der Waals surface area (Å²) >= 11 is 0. The summed E-state index contributed by atoms with van der Waals surface area (Å²) in [4.78, 5) is 36.3. The monoisotopic (exact) mass is 424 g/mol. The van der Waals surface area contributed by atoms with E-state index in [1.807, 2.05) is 13.8 Å². The van der Waals surface area contributed by atoms with Crippen molar-refractivity contribution in [2.75, 3.05) is 23.7 Å². The molecule has 0 spiro atoms. The summed E-state index contributed by atoms with van der Waals surface area (Å²) in [6, 6.07) is 13.9. The lowest BCUT2D eigenvalue weighted by molar-refractivity contribution is -0.114. The number of carbonyl (C=O) groups excluding carboxylic acids is 3. The van der Waals surface area contributed by atoms with E-state index in [1.165, 1.54) is 0 Å². The van der Waals surface area contributed by atoms with Gasteiger partial charge in [-0.2, -0.15) is 0 Å². The normalized spacial score (nSPS) is 11.3. The minimum Gasteiger partial charge on any atom is -0.376 e. The van der Waals surface area contributed by atoms with Crippen LogP contribution in [0.25, 0.3) is 0 Å². The number of nitrogens with one attached hydrogen (secondary N) is 4. The zero-order valence-electron chi connectivity index (χ0n) is 18.5. The van der Waals surface area contributed by atoms with E-state index in [0.29, 0.717) is 23.4 Å². The Labute approximate surface area is 184 Å². The largest absolute Gasteiger partial charge is 0.376 e. The van der Waals surface area contributed by atoms with Crippen LogP contribution in [0.4, 0.5) is 11.4 Å². The molecule has 0 heterocycles. The van der Waals surface area contributed by atoms with Crippen LogP contribution in [0.5, 0.6) is 0 Å². The van der Waals surface area contributed by atoms with Crippen molar-refractivity contribution in [3.05, 3.63) is 59.7 Å². The SMILES string of the molecule is CCCCNC(=O)c1ccc(NCC(=O)Nc2ccc(C(=O)NC(C)CC)cc2)cc1. The molecule has 1 atom stereocenters. The summed E-state index contributed by atoms with van der Waals surface area (Å²) in [6.07, 6.45) is 2.85. The summed E-state index contributed by atoms with van der Waals surface area (Å²) in [5.74, 6) is -0.436. The van der Waals surface area contributed by atoms with Gasteiger partial charge < -0.3 is 21.3 Å². The molecule has 0 aliphatic heterocycles. The standard InChI is InChI=1S/C24H32N4O3/c1-4-6-15-25-23(30)18-7-11-20(12-8-18)26-16-22(29)28-21-13-9-19(10-14-21)24(31)27-17(3)5-2/h7-14,17,26H,4-6,15-16H2,1-3H3,(H,25,30)(H,27,31)(H,28,29). The highest BCUT2D eigenvalue weighted by molar-refractivity contribution is 5.97. The number of rotatable bonds is 11. The third-order valence-electron chi connectivity index (χ3n) is 4.84. The second-order valence-electron chi connectivity index (χ2n) is 7.45. The van der Waals surface area contributed by atoms with Gasteiger partial charge in [-0.1, -0.05) is 20.3 Å². The molecule has 0 saturated carbocycles. The quantitative estimate of drug-likeness (QED) is 0.412. The van der Waals surface area contributed by atoms with Gasteiger partial charge in [-0.25, -0.2) is 0 Å². The molecule has 2 aromatic carbocycles. The molecule has 0 aliphatic carbocycles. The molecule has 4 N–H and O–H groups in total. The topological polar surface area (TPSA) is 99.3 Å². The average Bonchev–Trinajstić information content (AvgIpc) is 2.78. The Balaban J connectivity index is 1.80. The maximum atomic E-state index is 12.2.